The molecule has 1 aliphatic heterocycles. The number of methoxy groups -OCH3 is 1. The minimum absolute atomic E-state index is 0.00657. The Balaban J connectivity index is 1.43. The summed E-state index contributed by atoms with van der Waals surface area (Å²) in [6.07, 6.45) is 3.12. The van der Waals surface area contributed by atoms with Gasteiger partial charge in [-0.1, -0.05) is 30.3 Å². The quantitative estimate of drug-likeness (QED) is 0.782. The van der Waals surface area contributed by atoms with Crippen molar-refractivity contribution in [1.29, 1.82) is 0 Å². The molecule has 0 spiro atoms. The van der Waals surface area contributed by atoms with Crippen LogP contribution in [0.5, 0.6) is 5.75 Å². The largest absolute Gasteiger partial charge is 0.497 e. The Morgan fingerprint density at radius 3 is 2.50 bits per heavy atom. The van der Waals surface area contributed by atoms with Crippen molar-refractivity contribution in [2.75, 3.05) is 44.7 Å². The van der Waals surface area contributed by atoms with E-state index in [2.05, 4.69) is 22.3 Å². The lowest BCUT2D eigenvalue weighted by molar-refractivity contribution is -0.132. The number of para-hydroxylation sites is 1. The lowest BCUT2D eigenvalue weighted by Gasteiger charge is -2.36. The van der Waals surface area contributed by atoms with Crippen LogP contribution in [0.25, 0.3) is 6.08 Å². The molecule has 1 aliphatic rings. The number of anilines is 1. The van der Waals surface area contributed by atoms with E-state index in [1.165, 1.54) is 11.8 Å². The van der Waals surface area contributed by atoms with Gasteiger partial charge in [0.05, 0.1) is 13.7 Å². The van der Waals surface area contributed by atoms with Gasteiger partial charge in [-0.05, 0) is 35.9 Å². The fourth-order valence-electron chi connectivity index (χ4n) is 3.10. The highest BCUT2D eigenvalue weighted by Gasteiger charge is 2.21. The minimum atomic E-state index is -0.293. The summed E-state index contributed by atoms with van der Waals surface area (Å²) >= 11 is 0. The van der Waals surface area contributed by atoms with Crippen LogP contribution < -0.4 is 15.0 Å². The third-order valence-corrected chi connectivity index (χ3v) is 4.69. The van der Waals surface area contributed by atoms with E-state index in [9.17, 15) is 9.59 Å². The maximum absolute atomic E-state index is 12.4. The number of hydrogen-bond acceptors (Lipinski definition) is 4. The zero-order valence-corrected chi connectivity index (χ0v) is 16.0. The standard InChI is InChI=1S/C22H25N3O3/c1-28-20-9-5-6-18(16-20)10-11-21(26)23-17-22(27)25-14-12-24(13-15-25)19-7-3-2-4-8-19/h2-11,16H,12-15,17H2,1H3,(H,23,26)/b11-10+. The molecule has 0 aromatic heterocycles. The number of piperazine rings is 1. The Kier molecular flexibility index (Phi) is 6.68. The third kappa shape index (κ3) is 5.36. The molecule has 6 heteroatoms. The molecule has 0 saturated carbocycles. The second-order valence-electron chi connectivity index (χ2n) is 6.53. The van der Waals surface area contributed by atoms with Crippen LogP contribution in [0.15, 0.2) is 60.7 Å². The van der Waals surface area contributed by atoms with Crippen LogP contribution in [0, 0.1) is 0 Å². The average Bonchev–Trinajstić information content (AvgIpc) is 2.77. The Morgan fingerprint density at radius 1 is 1.04 bits per heavy atom. The van der Waals surface area contributed by atoms with Gasteiger partial charge in [0.15, 0.2) is 0 Å². The molecule has 0 bridgehead atoms. The van der Waals surface area contributed by atoms with E-state index in [1.807, 2.05) is 42.5 Å². The molecule has 1 heterocycles. The van der Waals surface area contributed by atoms with Crippen LogP contribution in [-0.4, -0.2) is 56.5 Å². The molecule has 2 aromatic carbocycles. The molecule has 0 radical (unpaired) electrons. The van der Waals surface area contributed by atoms with E-state index in [0.717, 1.165) is 24.4 Å². The lowest BCUT2D eigenvalue weighted by atomic mass is 10.2. The SMILES string of the molecule is COc1cccc(/C=C/C(=O)NCC(=O)N2CCN(c3ccccc3)CC2)c1. The molecule has 28 heavy (non-hydrogen) atoms. The van der Waals surface area contributed by atoms with Crippen LogP contribution in [0.2, 0.25) is 0 Å². The number of carbonyl (C=O) groups is 2. The van der Waals surface area contributed by atoms with E-state index in [1.54, 1.807) is 18.1 Å². The van der Waals surface area contributed by atoms with Crippen molar-refractivity contribution >= 4 is 23.6 Å². The van der Waals surface area contributed by atoms with Gasteiger partial charge in [-0.2, -0.15) is 0 Å². The first-order valence-electron chi connectivity index (χ1n) is 9.33. The summed E-state index contributed by atoms with van der Waals surface area (Å²) in [5, 5.41) is 2.66. The summed E-state index contributed by atoms with van der Waals surface area (Å²) in [7, 11) is 1.60. The number of hydrogen-bond donors (Lipinski definition) is 1. The number of carbonyl (C=O) groups excluding carboxylic acids is 2. The third-order valence-electron chi connectivity index (χ3n) is 4.69. The molecule has 0 atom stereocenters. The van der Waals surface area contributed by atoms with Crippen molar-refractivity contribution in [2.45, 2.75) is 0 Å². The Hall–Kier alpha value is -3.28. The Labute approximate surface area is 165 Å². The monoisotopic (exact) mass is 379 g/mol. The van der Waals surface area contributed by atoms with Gasteiger partial charge in [0.2, 0.25) is 11.8 Å². The van der Waals surface area contributed by atoms with Crippen LogP contribution >= 0.6 is 0 Å². The topological polar surface area (TPSA) is 61.9 Å². The van der Waals surface area contributed by atoms with Crippen molar-refractivity contribution in [2.24, 2.45) is 0 Å². The van der Waals surface area contributed by atoms with Crippen molar-refractivity contribution in [3.05, 3.63) is 66.2 Å². The fraction of sp³-hybridized carbons (Fsp3) is 0.273. The van der Waals surface area contributed by atoms with E-state index < -0.39 is 0 Å². The molecule has 0 unspecified atom stereocenters. The summed E-state index contributed by atoms with van der Waals surface area (Å²) in [5.41, 5.74) is 2.03. The highest BCUT2D eigenvalue weighted by atomic mass is 16.5. The Bertz CT molecular complexity index is 828. The predicted molar refractivity (Wildman–Crippen MR) is 110 cm³/mol. The summed E-state index contributed by atoms with van der Waals surface area (Å²) in [5.74, 6) is 0.377. The van der Waals surface area contributed by atoms with E-state index in [-0.39, 0.29) is 18.4 Å². The molecule has 2 aromatic rings. The number of nitrogens with zero attached hydrogens (tertiary/aromatic N) is 2. The zero-order valence-electron chi connectivity index (χ0n) is 16.0. The smallest absolute Gasteiger partial charge is 0.244 e. The molecule has 3 rings (SSSR count). The average molecular weight is 379 g/mol. The first kappa shape index (κ1) is 19.5. The van der Waals surface area contributed by atoms with Gasteiger partial charge in [-0.25, -0.2) is 0 Å². The second kappa shape index (κ2) is 9.60. The fourth-order valence-corrected chi connectivity index (χ4v) is 3.10. The highest BCUT2D eigenvalue weighted by molar-refractivity contribution is 5.94. The summed E-state index contributed by atoms with van der Waals surface area (Å²) < 4.78 is 5.16. The molecule has 1 N–H and O–H groups in total. The van der Waals surface area contributed by atoms with Gasteiger partial charge in [0, 0.05) is 37.9 Å². The number of nitrogens with one attached hydrogen (secondary N) is 1. The number of rotatable bonds is 6. The summed E-state index contributed by atoms with van der Waals surface area (Å²) in [6, 6.07) is 17.6. The van der Waals surface area contributed by atoms with Gasteiger partial charge in [-0.3, -0.25) is 9.59 Å². The van der Waals surface area contributed by atoms with Gasteiger partial charge >= 0.3 is 0 Å². The van der Waals surface area contributed by atoms with Gasteiger partial charge in [0.1, 0.15) is 5.75 Å². The zero-order chi connectivity index (χ0) is 19.8. The van der Waals surface area contributed by atoms with Crippen LogP contribution in [0.4, 0.5) is 5.69 Å². The number of ether oxygens (including phenoxy) is 1. The summed E-state index contributed by atoms with van der Waals surface area (Å²) in [6.45, 7) is 2.90. The van der Waals surface area contributed by atoms with Crippen LogP contribution in [-0.2, 0) is 9.59 Å². The molecule has 1 saturated heterocycles. The van der Waals surface area contributed by atoms with Crippen LogP contribution in [0.1, 0.15) is 5.56 Å². The molecular weight excluding hydrogens is 354 g/mol. The molecule has 146 valence electrons. The van der Waals surface area contributed by atoms with E-state index in [4.69, 9.17) is 4.74 Å². The Morgan fingerprint density at radius 2 is 1.79 bits per heavy atom. The maximum atomic E-state index is 12.4. The summed E-state index contributed by atoms with van der Waals surface area (Å²) in [4.78, 5) is 28.4. The van der Waals surface area contributed by atoms with Crippen molar-refractivity contribution in [3.63, 3.8) is 0 Å². The predicted octanol–water partition coefficient (Wildman–Crippen LogP) is 2.17. The number of amides is 2. The first-order valence-corrected chi connectivity index (χ1v) is 9.33. The molecule has 6 nitrogen and oxygen atoms in total. The van der Waals surface area contributed by atoms with Gasteiger partial charge in [-0.15, -0.1) is 0 Å². The molecule has 0 aliphatic carbocycles. The normalized spacial score (nSPS) is 14.2. The molecular formula is C22H25N3O3. The molecule has 2 amide bonds. The highest BCUT2D eigenvalue weighted by Crippen LogP contribution is 2.15. The second-order valence-corrected chi connectivity index (χ2v) is 6.53. The van der Waals surface area contributed by atoms with Crippen molar-refractivity contribution in [1.82, 2.24) is 10.2 Å². The lowest BCUT2D eigenvalue weighted by Crippen LogP contribution is -2.51. The van der Waals surface area contributed by atoms with Gasteiger partial charge < -0.3 is 19.9 Å². The van der Waals surface area contributed by atoms with Crippen molar-refractivity contribution in [3.8, 4) is 5.75 Å². The molecule has 1 fully saturated rings. The van der Waals surface area contributed by atoms with Crippen molar-refractivity contribution < 1.29 is 14.3 Å². The maximum Gasteiger partial charge on any atom is 0.244 e. The van der Waals surface area contributed by atoms with Crippen LogP contribution in [0.3, 0.4) is 0 Å². The van der Waals surface area contributed by atoms with Gasteiger partial charge in [0.25, 0.3) is 0 Å². The van der Waals surface area contributed by atoms with E-state index in [0.29, 0.717) is 13.1 Å². The number of benzene rings is 2. The van der Waals surface area contributed by atoms with E-state index >= 15 is 0 Å². The first-order chi connectivity index (χ1) is 13.7. The minimum Gasteiger partial charge on any atom is -0.497 e.